The maximum absolute atomic E-state index is 11.1. The molecule has 2 aromatic rings. The number of carbonyl (C=O) groups is 1. The van der Waals surface area contributed by atoms with Gasteiger partial charge in [0, 0.05) is 24.9 Å². The number of rotatable bonds is 3. The van der Waals surface area contributed by atoms with Gasteiger partial charge < -0.3 is 10.0 Å². The lowest BCUT2D eigenvalue weighted by Crippen LogP contribution is -2.45. The van der Waals surface area contributed by atoms with E-state index in [1.54, 1.807) is 24.3 Å². The van der Waals surface area contributed by atoms with E-state index in [9.17, 15) is 14.9 Å². The summed E-state index contributed by atoms with van der Waals surface area (Å²) in [5.41, 5.74) is 2.80. The molecule has 0 bridgehead atoms. The van der Waals surface area contributed by atoms with Crippen molar-refractivity contribution < 1.29 is 14.8 Å². The molecule has 6 nitrogen and oxygen atoms in total. The van der Waals surface area contributed by atoms with Crippen molar-refractivity contribution in [2.75, 3.05) is 11.9 Å². The number of fused-ring (bicyclic) bond motifs is 1. The van der Waals surface area contributed by atoms with Crippen molar-refractivity contribution in [1.29, 1.82) is 0 Å². The second kappa shape index (κ2) is 5.63. The third kappa shape index (κ3) is 2.50. The predicted molar refractivity (Wildman–Crippen MR) is 90.6 cm³/mol. The Morgan fingerprint density at radius 1 is 1.29 bits per heavy atom. The van der Waals surface area contributed by atoms with Crippen LogP contribution in [0.2, 0.25) is 0 Å². The molecule has 0 saturated carbocycles. The van der Waals surface area contributed by atoms with Gasteiger partial charge in [0.25, 0.3) is 5.69 Å². The Kier molecular flexibility index (Phi) is 3.75. The molecular formula is C18H18N2O4. The third-order valence-corrected chi connectivity index (χ3v) is 4.99. The van der Waals surface area contributed by atoms with Crippen molar-refractivity contribution in [2.45, 2.75) is 25.3 Å². The van der Waals surface area contributed by atoms with Crippen LogP contribution in [0.4, 0.5) is 11.4 Å². The molecule has 1 aliphatic heterocycles. The van der Waals surface area contributed by atoms with Crippen LogP contribution in [0.25, 0.3) is 0 Å². The fraction of sp³-hybridized carbons (Fsp3) is 0.278. The number of aryl methyl sites for hydroxylation is 1. The van der Waals surface area contributed by atoms with E-state index in [2.05, 4.69) is 11.8 Å². The molecule has 1 aliphatic rings. The average Bonchev–Trinajstić information content (AvgIpc) is 2.58. The van der Waals surface area contributed by atoms with Crippen LogP contribution in [0.5, 0.6) is 0 Å². The Morgan fingerprint density at radius 2 is 2.04 bits per heavy atom. The zero-order valence-electron chi connectivity index (χ0n) is 13.5. The number of nitro groups is 1. The number of nitrogens with zero attached hydrogens (tertiary/aromatic N) is 2. The molecule has 1 unspecified atom stereocenters. The van der Waals surface area contributed by atoms with Gasteiger partial charge in [-0.15, -0.1) is 0 Å². The molecule has 24 heavy (non-hydrogen) atoms. The highest BCUT2D eigenvalue weighted by atomic mass is 16.6. The number of carboxylic acid groups (broad SMARTS) is 1. The highest BCUT2D eigenvalue weighted by molar-refractivity contribution is 5.88. The van der Waals surface area contributed by atoms with Crippen LogP contribution in [0.1, 0.15) is 34.8 Å². The van der Waals surface area contributed by atoms with Crippen LogP contribution in [-0.2, 0) is 12.0 Å². The van der Waals surface area contributed by atoms with Gasteiger partial charge in [-0.05, 0) is 49.1 Å². The summed E-state index contributed by atoms with van der Waals surface area (Å²) in [5.74, 6) is -0.938. The van der Waals surface area contributed by atoms with Crippen LogP contribution < -0.4 is 4.90 Å². The Labute approximate surface area is 139 Å². The molecule has 0 aliphatic carbocycles. The van der Waals surface area contributed by atoms with Crippen molar-refractivity contribution in [3.05, 3.63) is 69.3 Å². The lowest BCUT2D eigenvalue weighted by atomic mass is 9.80. The monoisotopic (exact) mass is 326 g/mol. The minimum atomic E-state index is -0.938. The molecule has 1 N–H and O–H groups in total. The topological polar surface area (TPSA) is 83.7 Å². The Balaban J connectivity index is 2.03. The number of nitro benzene ring substituents is 1. The molecule has 124 valence electrons. The molecule has 2 aromatic carbocycles. The normalized spacial score (nSPS) is 19.7. The van der Waals surface area contributed by atoms with Crippen LogP contribution in [0, 0.1) is 10.1 Å². The van der Waals surface area contributed by atoms with Gasteiger partial charge in [-0.1, -0.05) is 12.1 Å². The van der Waals surface area contributed by atoms with Gasteiger partial charge in [-0.25, -0.2) is 4.79 Å². The molecule has 0 saturated heterocycles. The average molecular weight is 326 g/mol. The smallest absolute Gasteiger partial charge is 0.335 e. The van der Waals surface area contributed by atoms with Crippen molar-refractivity contribution in [3.8, 4) is 0 Å². The minimum absolute atomic E-state index is 0.0779. The summed E-state index contributed by atoms with van der Waals surface area (Å²) < 4.78 is 0. The van der Waals surface area contributed by atoms with Crippen LogP contribution in [-0.4, -0.2) is 23.0 Å². The number of benzene rings is 2. The summed E-state index contributed by atoms with van der Waals surface area (Å²) in [6.07, 6.45) is 1.47. The molecule has 0 fully saturated rings. The fourth-order valence-corrected chi connectivity index (χ4v) is 3.35. The summed E-state index contributed by atoms with van der Waals surface area (Å²) in [5, 5.41) is 20.2. The molecule has 0 aromatic heterocycles. The van der Waals surface area contributed by atoms with E-state index in [0.717, 1.165) is 29.7 Å². The zero-order chi connectivity index (χ0) is 17.5. The molecule has 1 heterocycles. The molecule has 3 rings (SSSR count). The molecule has 0 amide bonds. The summed E-state index contributed by atoms with van der Waals surface area (Å²) in [4.78, 5) is 23.9. The first-order chi connectivity index (χ1) is 11.3. The number of carboxylic acids is 1. The van der Waals surface area contributed by atoms with Gasteiger partial charge in [0.05, 0.1) is 16.0 Å². The molecule has 0 spiro atoms. The fourth-order valence-electron chi connectivity index (χ4n) is 3.35. The van der Waals surface area contributed by atoms with Crippen molar-refractivity contribution in [2.24, 2.45) is 0 Å². The van der Waals surface area contributed by atoms with Gasteiger partial charge in [-0.3, -0.25) is 10.1 Å². The largest absolute Gasteiger partial charge is 0.478 e. The predicted octanol–water partition coefficient (Wildman–Crippen LogP) is 3.59. The third-order valence-electron chi connectivity index (χ3n) is 4.99. The maximum Gasteiger partial charge on any atom is 0.335 e. The van der Waals surface area contributed by atoms with Crippen LogP contribution >= 0.6 is 0 Å². The van der Waals surface area contributed by atoms with E-state index in [0.29, 0.717) is 0 Å². The Morgan fingerprint density at radius 3 is 2.71 bits per heavy atom. The first kappa shape index (κ1) is 16.0. The lowest BCUT2D eigenvalue weighted by Gasteiger charge is -2.45. The number of aromatic carboxylic acids is 1. The SMILES string of the molecule is CN1c2ccc(C(=O)O)cc2CCC1(C)c1cccc([N+](=O)[O-])c1. The van der Waals surface area contributed by atoms with Gasteiger partial charge in [0.1, 0.15) is 0 Å². The number of hydrogen-bond donors (Lipinski definition) is 1. The lowest BCUT2D eigenvalue weighted by molar-refractivity contribution is -0.385. The second-order valence-corrected chi connectivity index (χ2v) is 6.29. The van der Waals surface area contributed by atoms with Gasteiger partial charge in [0.2, 0.25) is 0 Å². The minimum Gasteiger partial charge on any atom is -0.478 e. The van der Waals surface area contributed by atoms with Gasteiger partial charge in [-0.2, -0.15) is 0 Å². The van der Waals surface area contributed by atoms with E-state index < -0.39 is 5.97 Å². The first-order valence-electron chi connectivity index (χ1n) is 7.68. The number of anilines is 1. The van der Waals surface area contributed by atoms with E-state index in [4.69, 9.17) is 5.11 Å². The quantitative estimate of drug-likeness (QED) is 0.688. The highest BCUT2D eigenvalue weighted by Gasteiger charge is 2.37. The number of hydrogen-bond acceptors (Lipinski definition) is 4. The van der Waals surface area contributed by atoms with Crippen molar-refractivity contribution in [3.63, 3.8) is 0 Å². The van der Waals surface area contributed by atoms with E-state index in [-0.39, 0.29) is 21.7 Å². The molecule has 0 radical (unpaired) electrons. The van der Waals surface area contributed by atoms with Gasteiger partial charge in [0.15, 0.2) is 0 Å². The zero-order valence-corrected chi connectivity index (χ0v) is 13.5. The van der Waals surface area contributed by atoms with Crippen LogP contribution in [0.3, 0.4) is 0 Å². The molecule has 6 heteroatoms. The van der Waals surface area contributed by atoms with E-state index in [1.807, 2.05) is 19.2 Å². The van der Waals surface area contributed by atoms with Gasteiger partial charge >= 0.3 is 5.97 Å². The van der Waals surface area contributed by atoms with E-state index >= 15 is 0 Å². The summed E-state index contributed by atoms with van der Waals surface area (Å²) in [6.45, 7) is 2.06. The van der Waals surface area contributed by atoms with E-state index in [1.165, 1.54) is 6.07 Å². The number of non-ortho nitro benzene ring substituents is 1. The van der Waals surface area contributed by atoms with Crippen molar-refractivity contribution >= 4 is 17.3 Å². The summed E-state index contributed by atoms with van der Waals surface area (Å²) in [6, 6.07) is 11.8. The summed E-state index contributed by atoms with van der Waals surface area (Å²) in [7, 11) is 1.94. The molecule has 1 atom stereocenters. The Hall–Kier alpha value is -2.89. The maximum atomic E-state index is 11.1. The highest BCUT2D eigenvalue weighted by Crippen LogP contribution is 2.42. The first-order valence-corrected chi connectivity index (χ1v) is 7.68. The standard InChI is InChI=1S/C18H18N2O4/c1-18(14-4-3-5-15(11-14)20(23)24)9-8-12-10-13(17(21)22)6-7-16(12)19(18)2/h3-7,10-11H,8-9H2,1-2H3,(H,21,22). The molecular weight excluding hydrogens is 308 g/mol. The van der Waals surface area contributed by atoms with Crippen molar-refractivity contribution in [1.82, 2.24) is 0 Å². The second-order valence-electron chi connectivity index (χ2n) is 6.29. The Bertz CT molecular complexity index is 834. The summed E-state index contributed by atoms with van der Waals surface area (Å²) >= 11 is 0. The van der Waals surface area contributed by atoms with Crippen LogP contribution in [0.15, 0.2) is 42.5 Å².